The Kier molecular flexibility index (Phi) is 5.82. The van der Waals surface area contributed by atoms with Crippen LogP contribution in [0.3, 0.4) is 0 Å². The van der Waals surface area contributed by atoms with Crippen molar-refractivity contribution in [2.75, 3.05) is 12.4 Å². The van der Waals surface area contributed by atoms with Crippen LogP contribution in [0.4, 0.5) is 10.6 Å². The smallest absolute Gasteiger partial charge is 0.413 e. The summed E-state index contributed by atoms with van der Waals surface area (Å²) in [5, 5.41) is 14.3. The van der Waals surface area contributed by atoms with Gasteiger partial charge in [0.05, 0.1) is 18.3 Å². The first-order valence-corrected chi connectivity index (χ1v) is 10.1. The molecule has 0 radical (unpaired) electrons. The van der Waals surface area contributed by atoms with Crippen LogP contribution in [0.2, 0.25) is 0 Å². The van der Waals surface area contributed by atoms with Crippen LogP contribution in [-0.4, -0.2) is 53.5 Å². The fraction of sp³-hybridized carbons (Fsp3) is 0.333. The number of carbonyl (C=O) groups excluding carboxylic acids is 1. The van der Waals surface area contributed by atoms with E-state index in [1.165, 1.54) is 4.68 Å². The summed E-state index contributed by atoms with van der Waals surface area (Å²) < 4.78 is 19.9. The Morgan fingerprint density at radius 2 is 1.91 bits per heavy atom. The van der Waals surface area contributed by atoms with Crippen LogP contribution < -0.4 is 14.8 Å². The van der Waals surface area contributed by atoms with Gasteiger partial charge in [0.2, 0.25) is 0 Å². The molecule has 0 bridgehead atoms. The minimum atomic E-state index is -0.611. The molecule has 1 amide bonds. The number of methoxy groups -OCH3 is 1. The van der Waals surface area contributed by atoms with Crippen molar-refractivity contribution >= 4 is 22.9 Å². The van der Waals surface area contributed by atoms with E-state index in [9.17, 15) is 4.79 Å². The second-order valence-electron chi connectivity index (χ2n) is 8.09. The normalized spacial score (nSPS) is 11.4. The molecule has 172 valence electrons. The first kappa shape index (κ1) is 22.0. The summed E-state index contributed by atoms with van der Waals surface area (Å²) in [4.78, 5) is 21.0. The highest BCUT2D eigenvalue weighted by Crippen LogP contribution is 2.31. The van der Waals surface area contributed by atoms with E-state index in [0.717, 1.165) is 5.52 Å². The van der Waals surface area contributed by atoms with Gasteiger partial charge in [-0.2, -0.15) is 4.98 Å². The molecule has 3 heterocycles. The predicted octanol–water partition coefficient (Wildman–Crippen LogP) is 2.88. The van der Waals surface area contributed by atoms with Crippen LogP contribution in [0.5, 0.6) is 11.8 Å². The Labute approximate surface area is 189 Å². The lowest BCUT2D eigenvalue weighted by atomic mass is 10.2. The van der Waals surface area contributed by atoms with Gasteiger partial charge in [-0.25, -0.2) is 19.0 Å². The van der Waals surface area contributed by atoms with Gasteiger partial charge in [0.15, 0.2) is 0 Å². The standard InChI is InChI=1S/C21H24N8O4/c1-21(2,3)33-20(30)23-16-11-6-8-13(22-16)12-32-19-24-17-14(9-7-10-15(17)31-5)29(19)18-25-26-27-28(18)4/h6-11H,12H2,1-5H3,(H,22,23,30). The monoisotopic (exact) mass is 452 g/mol. The van der Waals surface area contributed by atoms with Crippen LogP contribution in [0.25, 0.3) is 17.0 Å². The number of tetrazole rings is 1. The third-order valence-electron chi connectivity index (χ3n) is 4.42. The van der Waals surface area contributed by atoms with Crippen molar-refractivity contribution in [2.24, 2.45) is 7.05 Å². The number of imidazole rings is 1. The molecule has 3 aromatic heterocycles. The molecule has 4 rings (SSSR count). The number of ether oxygens (including phenoxy) is 3. The number of aryl methyl sites for hydroxylation is 1. The molecule has 0 unspecified atom stereocenters. The molecule has 4 aromatic rings. The Morgan fingerprint density at radius 1 is 1.12 bits per heavy atom. The summed E-state index contributed by atoms with van der Waals surface area (Å²) in [6.45, 7) is 5.45. The Morgan fingerprint density at radius 3 is 2.61 bits per heavy atom. The lowest BCUT2D eigenvalue weighted by molar-refractivity contribution is 0.0635. The third-order valence-corrected chi connectivity index (χ3v) is 4.42. The van der Waals surface area contributed by atoms with E-state index in [0.29, 0.717) is 28.7 Å². The molecule has 0 aliphatic carbocycles. The molecule has 12 nitrogen and oxygen atoms in total. The van der Waals surface area contributed by atoms with Crippen molar-refractivity contribution in [3.63, 3.8) is 0 Å². The topological polar surface area (TPSA) is 131 Å². The molecule has 0 saturated carbocycles. The zero-order valence-electron chi connectivity index (χ0n) is 18.9. The maximum absolute atomic E-state index is 12.0. The van der Waals surface area contributed by atoms with Crippen molar-refractivity contribution in [3.8, 4) is 17.7 Å². The van der Waals surface area contributed by atoms with Gasteiger partial charge < -0.3 is 14.2 Å². The van der Waals surface area contributed by atoms with Gasteiger partial charge in [-0.1, -0.05) is 17.2 Å². The van der Waals surface area contributed by atoms with Gasteiger partial charge in [0.25, 0.3) is 5.95 Å². The number of nitrogens with one attached hydrogen (secondary N) is 1. The number of anilines is 1. The number of fused-ring (bicyclic) bond motifs is 1. The number of aromatic nitrogens is 7. The van der Waals surface area contributed by atoms with Crippen molar-refractivity contribution in [1.29, 1.82) is 0 Å². The summed E-state index contributed by atoms with van der Waals surface area (Å²) in [6, 6.07) is 11.0. The van der Waals surface area contributed by atoms with Gasteiger partial charge in [-0.15, -0.1) is 0 Å². The molecule has 12 heteroatoms. The molecular formula is C21H24N8O4. The highest BCUT2D eigenvalue weighted by molar-refractivity contribution is 5.84. The number of rotatable bonds is 6. The third kappa shape index (κ3) is 4.84. The summed E-state index contributed by atoms with van der Waals surface area (Å²) in [7, 11) is 3.30. The van der Waals surface area contributed by atoms with E-state index in [2.05, 4.69) is 30.8 Å². The first-order chi connectivity index (χ1) is 15.7. The fourth-order valence-corrected chi connectivity index (χ4v) is 3.10. The number of hydrogen-bond donors (Lipinski definition) is 1. The van der Waals surface area contributed by atoms with Gasteiger partial charge in [-0.3, -0.25) is 5.32 Å². The molecule has 0 fully saturated rings. The number of benzene rings is 1. The molecule has 0 saturated heterocycles. The van der Waals surface area contributed by atoms with Gasteiger partial charge in [-0.05, 0) is 55.5 Å². The number of nitrogens with zero attached hydrogens (tertiary/aromatic N) is 7. The number of para-hydroxylation sites is 1. The highest BCUT2D eigenvalue weighted by Gasteiger charge is 2.21. The zero-order valence-corrected chi connectivity index (χ0v) is 18.9. The predicted molar refractivity (Wildman–Crippen MR) is 118 cm³/mol. The fourth-order valence-electron chi connectivity index (χ4n) is 3.10. The molecule has 0 aliphatic heterocycles. The molecule has 0 atom stereocenters. The average molecular weight is 452 g/mol. The van der Waals surface area contributed by atoms with Crippen molar-refractivity contribution in [3.05, 3.63) is 42.1 Å². The average Bonchev–Trinajstić information content (AvgIpc) is 3.33. The van der Waals surface area contributed by atoms with Crippen LogP contribution in [0, 0.1) is 0 Å². The molecule has 0 aliphatic rings. The Balaban J connectivity index is 1.60. The largest absolute Gasteiger partial charge is 0.494 e. The lowest BCUT2D eigenvalue weighted by Crippen LogP contribution is -2.27. The van der Waals surface area contributed by atoms with E-state index in [-0.39, 0.29) is 12.6 Å². The van der Waals surface area contributed by atoms with E-state index < -0.39 is 11.7 Å². The van der Waals surface area contributed by atoms with Gasteiger partial charge in [0, 0.05) is 7.05 Å². The minimum Gasteiger partial charge on any atom is -0.494 e. The van der Waals surface area contributed by atoms with Gasteiger partial charge >= 0.3 is 12.1 Å². The lowest BCUT2D eigenvalue weighted by Gasteiger charge is -2.19. The first-order valence-electron chi connectivity index (χ1n) is 10.1. The second-order valence-corrected chi connectivity index (χ2v) is 8.09. The summed E-state index contributed by atoms with van der Waals surface area (Å²) in [5.74, 6) is 1.36. The Hall–Kier alpha value is -4.22. The van der Waals surface area contributed by atoms with E-state index in [4.69, 9.17) is 14.2 Å². The van der Waals surface area contributed by atoms with E-state index >= 15 is 0 Å². The minimum absolute atomic E-state index is 0.0841. The quantitative estimate of drug-likeness (QED) is 0.469. The Bertz CT molecular complexity index is 1290. The molecule has 33 heavy (non-hydrogen) atoms. The maximum atomic E-state index is 12.0. The second kappa shape index (κ2) is 8.73. The van der Waals surface area contributed by atoms with Crippen molar-refractivity contribution in [2.45, 2.75) is 33.0 Å². The van der Waals surface area contributed by atoms with Crippen LogP contribution in [0.15, 0.2) is 36.4 Å². The molecule has 0 spiro atoms. The maximum Gasteiger partial charge on any atom is 0.413 e. The van der Waals surface area contributed by atoms with Crippen LogP contribution in [0.1, 0.15) is 26.5 Å². The number of hydrogen-bond acceptors (Lipinski definition) is 9. The number of pyridine rings is 1. The zero-order chi connectivity index (χ0) is 23.6. The molecule has 1 N–H and O–H groups in total. The molecular weight excluding hydrogens is 428 g/mol. The number of amides is 1. The highest BCUT2D eigenvalue weighted by atomic mass is 16.6. The van der Waals surface area contributed by atoms with Crippen LogP contribution in [-0.2, 0) is 18.4 Å². The van der Waals surface area contributed by atoms with Gasteiger partial charge in [0.1, 0.15) is 29.3 Å². The summed E-state index contributed by atoms with van der Waals surface area (Å²) in [5.41, 5.74) is 1.28. The number of carbonyl (C=O) groups is 1. The van der Waals surface area contributed by atoms with E-state index in [1.54, 1.807) is 57.7 Å². The summed E-state index contributed by atoms with van der Waals surface area (Å²) in [6.07, 6.45) is -0.586. The summed E-state index contributed by atoms with van der Waals surface area (Å²) >= 11 is 0. The van der Waals surface area contributed by atoms with E-state index in [1.807, 2.05) is 18.2 Å². The van der Waals surface area contributed by atoms with Crippen LogP contribution >= 0.6 is 0 Å². The van der Waals surface area contributed by atoms with Crippen molar-refractivity contribution in [1.82, 2.24) is 34.7 Å². The molecule has 1 aromatic carbocycles. The SMILES string of the molecule is COc1cccc2c1nc(OCc1cccc(NC(=O)OC(C)(C)C)n1)n2-c1nnnn1C. The van der Waals surface area contributed by atoms with Crippen molar-refractivity contribution < 1.29 is 19.0 Å².